The van der Waals surface area contributed by atoms with E-state index in [1.165, 1.54) is 11.1 Å². The third kappa shape index (κ3) is 2.39. The molecule has 2 aliphatic carbocycles. The van der Waals surface area contributed by atoms with Crippen molar-refractivity contribution in [3.05, 3.63) is 27.7 Å². The summed E-state index contributed by atoms with van der Waals surface area (Å²) in [4.78, 5) is 22.7. The van der Waals surface area contributed by atoms with Crippen LogP contribution in [0.5, 0.6) is 0 Å². The summed E-state index contributed by atoms with van der Waals surface area (Å²) in [6.07, 6.45) is 3.74. The van der Waals surface area contributed by atoms with Crippen LogP contribution in [0.4, 0.5) is 5.69 Å². The second-order valence-electron chi connectivity index (χ2n) is 5.23. The van der Waals surface area contributed by atoms with Gasteiger partial charge in [-0.3, -0.25) is 9.59 Å². The number of halogens is 1. The number of carboxylic acid groups (broad SMARTS) is 1. The molecule has 0 radical (unpaired) electrons. The summed E-state index contributed by atoms with van der Waals surface area (Å²) in [5.74, 6) is -1.95. The number of carbonyl (C=O) groups excluding carboxylic acids is 1. The van der Waals surface area contributed by atoms with Crippen molar-refractivity contribution in [2.75, 3.05) is 5.32 Å². The molecular weight excluding hydrogens is 310 g/mol. The van der Waals surface area contributed by atoms with E-state index in [4.69, 9.17) is 5.11 Å². The molecule has 0 aliphatic heterocycles. The number of benzene rings is 1. The summed E-state index contributed by atoms with van der Waals surface area (Å²) >= 11 is 3.46. The second kappa shape index (κ2) is 4.63. The van der Waals surface area contributed by atoms with Crippen molar-refractivity contribution >= 4 is 33.5 Å². The summed E-state index contributed by atoms with van der Waals surface area (Å²) in [6.45, 7) is 0. The normalized spacial score (nSPS) is 23.8. The number of aryl methyl sites for hydroxylation is 2. The topological polar surface area (TPSA) is 66.4 Å². The van der Waals surface area contributed by atoms with E-state index in [0.29, 0.717) is 6.42 Å². The van der Waals surface area contributed by atoms with Gasteiger partial charge in [0.15, 0.2) is 0 Å². The molecule has 1 fully saturated rings. The van der Waals surface area contributed by atoms with E-state index >= 15 is 0 Å². The molecule has 0 heterocycles. The lowest BCUT2D eigenvalue weighted by molar-refractivity contribution is -0.139. The van der Waals surface area contributed by atoms with Gasteiger partial charge in [0.25, 0.3) is 0 Å². The van der Waals surface area contributed by atoms with Gasteiger partial charge in [0.1, 0.15) is 0 Å². The van der Waals surface area contributed by atoms with Crippen molar-refractivity contribution in [3.8, 4) is 0 Å². The van der Waals surface area contributed by atoms with Gasteiger partial charge in [0.2, 0.25) is 5.91 Å². The summed E-state index contributed by atoms with van der Waals surface area (Å²) in [5.41, 5.74) is 3.37. The molecule has 3 rings (SSSR count). The molecule has 100 valence electrons. The molecule has 0 unspecified atom stereocenters. The van der Waals surface area contributed by atoms with Crippen molar-refractivity contribution in [1.29, 1.82) is 0 Å². The minimum absolute atomic E-state index is 0.189. The third-order valence-electron chi connectivity index (χ3n) is 3.88. The van der Waals surface area contributed by atoms with Crippen LogP contribution in [-0.4, -0.2) is 17.0 Å². The van der Waals surface area contributed by atoms with Crippen molar-refractivity contribution < 1.29 is 14.7 Å². The van der Waals surface area contributed by atoms with Crippen LogP contribution in [-0.2, 0) is 22.4 Å². The Hall–Kier alpha value is -1.36. The Bertz CT molecular complexity index is 570. The smallest absolute Gasteiger partial charge is 0.307 e. The van der Waals surface area contributed by atoms with E-state index in [2.05, 4.69) is 27.3 Å². The minimum Gasteiger partial charge on any atom is -0.481 e. The second-order valence-corrected chi connectivity index (χ2v) is 6.08. The molecule has 2 N–H and O–H groups in total. The van der Waals surface area contributed by atoms with Gasteiger partial charge < -0.3 is 10.4 Å². The van der Waals surface area contributed by atoms with E-state index in [1.54, 1.807) is 0 Å². The van der Waals surface area contributed by atoms with Crippen LogP contribution in [0.2, 0.25) is 0 Å². The average molecular weight is 324 g/mol. The van der Waals surface area contributed by atoms with Gasteiger partial charge in [0, 0.05) is 4.47 Å². The lowest BCUT2D eigenvalue weighted by Gasteiger charge is -2.10. The van der Waals surface area contributed by atoms with E-state index in [0.717, 1.165) is 29.4 Å². The summed E-state index contributed by atoms with van der Waals surface area (Å²) in [7, 11) is 0. The fourth-order valence-corrected chi connectivity index (χ4v) is 3.16. The van der Waals surface area contributed by atoms with Crippen molar-refractivity contribution in [2.45, 2.75) is 25.7 Å². The molecule has 5 heteroatoms. The number of hydrogen-bond acceptors (Lipinski definition) is 2. The summed E-state index contributed by atoms with van der Waals surface area (Å²) < 4.78 is 0.869. The number of carboxylic acids is 1. The highest BCUT2D eigenvalue weighted by molar-refractivity contribution is 9.10. The highest BCUT2D eigenvalue weighted by atomic mass is 79.9. The van der Waals surface area contributed by atoms with E-state index < -0.39 is 11.9 Å². The number of nitrogens with one attached hydrogen (secondary N) is 1. The molecule has 2 atom stereocenters. The highest BCUT2D eigenvalue weighted by Gasteiger charge is 2.48. The standard InChI is InChI=1S/C14H14BrNO3/c15-11-4-7-2-1-3-8(7)5-12(11)16-13(17)9-6-10(9)14(18)19/h4-5,9-10H,1-3,6H2,(H,16,17)(H,18,19)/t9-,10+/m0/s1. The van der Waals surface area contributed by atoms with E-state index in [1.807, 2.05) is 6.07 Å². The van der Waals surface area contributed by atoms with Crippen molar-refractivity contribution in [1.82, 2.24) is 0 Å². The van der Waals surface area contributed by atoms with Crippen molar-refractivity contribution in [3.63, 3.8) is 0 Å². The maximum Gasteiger partial charge on any atom is 0.307 e. The monoisotopic (exact) mass is 323 g/mol. The molecule has 1 saturated carbocycles. The van der Waals surface area contributed by atoms with Crippen molar-refractivity contribution in [2.24, 2.45) is 11.8 Å². The summed E-state index contributed by atoms with van der Waals surface area (Å²) in [6, 6.07) is 4.06. The average Bonchev–Trinajstić information content (AvgIpc) is 3.05. The number of aliphatic carboxylic acids is 1. The van der Waals surface area contributed by atoms with Gasteiger partial charge in [-0.15, -0.1) is 0 Å². The number of anilines is 1. The molecule has 4 nitrogen and oxygen atoms in total. The minimum atomic E-state index is -0.881. The number of rotatable bonds is 3. The Morgan fingerprint density at radius 2 is 1.89 bits per heavy atom. The first-order valence-electron chi connectivity index (χ1n) is 6.41. The molecule has 0 aromatic heterocycles. The Morgan fingerprint density at radius 3 is 2.53 bits per heavy atom. The first-order valence-corrected chi connectivity index (χ1v) is 7.20. The quantitative estimate of drug-likeness (QED) is 0.898. The molecule has 19 heavy (non-hydrogen) atoms. The Morgan fingerprint density at radius 1 is 1.21 bits per heavy atom. The number of hydrogen-bond donors (Lipinski definition) is 2. The predicted octanol–water partition coefficient (Wildman–Crippen LogP) is 2.60. The third-order valence-corrected chi connectivity index (χ3v) is 4.54. The van der Waals surface area contributed by atoms with Gasteiger partial charge in [-0.2, -0.15) is 0 Å². The molecular formula is C14H14BrNO3. The lowest BCUT2D eigenvalue weighted by Crippen LogP contribution is -2.17. The molecule has 1 aromatic rings. The van der Waals surface area contributed by atoms with Crippen LogP contribution in [0.3, 0.4) is 0 Å². The van der Waals surface area contributed by atoms with Crippen LogP contribution >= 0.6 is 15.9 Å². The maximum atomic E-state index is 11.9. The first-order chi connectivity index (χ1) is 9.06. The maximum absolute atomic E-state index is 11.9. The van der Waals surface area contributed by atoms with Crippen LogP contribution in [0.25, 0.3) is 0 Å². The van der Waals surface area contributed by atoms with E-state index in [9.17, 15) is 9.59 Å². The van der Waals surface area contributed by atoms with Crippen LogP contribution < -0.4 is 5.32 Å². The number of fused-ring (bicyclic) bond motifs is 1. The molecule has 1 amide bonds. The fraction of sp³-hybridized carbons (Fsp3) is 0.429. The van der Waals surface area contributed by atoms with Crippen LogP contribution in [0.1, 0.15) is 24.0 Å². The largest absolute Gasteiger partial charge is 0.481 e. The Labute approximate surface area is 119 Å². The van der Waals surface area contributed by atoms with Gasteiger partial charge in [-0.25, -0.2) is 0 Å². The van der Waals surface area contributed by atoms with Gasteiger partial charge in [-0.05, 0) is 64.9 Å². The fourth-order valence-electron chi connectivity index (χ4n) is 2.67. The van der Waals surface area contributed by atoms with Gasteiger partial charge in [0.05, 0.1) is 17.5 Å². The van der Waals surface area contributed by atoms with Crippen LogP contribution in [0, 0.1) is 11.8 Å². The zero-order valence-electron chi connectivity index (χ0n) is 10.3. The molecule has 0 bridgehead atoms. The first kappa shape index (κ1) is 12.7. The number of amides is 1. The highest BCUT2D eigenvalue weighted by Crippen LogP contribution is 2.40. The molecule has 1 aromatic carbocycles. The summed E-state index contributed by atoms with van der Waals surface area (Å²) in [5, 5.41) is 11.7. The number of carbonyl (C=O) groups is 2. The zero-order valence-corrected chi connectivity index (χ0v) is 11.9. The van der Waals surface area contributed by atoms with E-state index in [-0.39, 0.29) is 11.8 Å². The Balaban J connectivity index is 1.74. The lowest BCUT2D eigenvalue weighted by atomic mass is 10.1. The van der Waals surface area contributed by atoms with Crippen LogP contribution in [0.15, 0.2) is 16.6 Å². The SMILES string of the molecule is O=C(Nc1cc2c(cc1Br)CCC2)[C@H]1C[C@H]1C(=O)O. The van der Waals surface area contributed by atoms with Gasteiger partial charge >= 0.3 is 5.97 Å². The molecule has 2 aliphatic rings. The predicted molar refractivity (Wildman–Crippen MR) is 74.0 cm³/mol. The molecule has 0 spiro atoms. The molecule has 0 saturated heterocycles. The Kier molecular flexibility index (Phi) is 3.09. The van der Waals surface area contributed by atoms with Gasteiger partial charge in [-0.1, -0.05) is 0 Å². The zero-order chi connectivity index (χ0) is 13.6.